The molecule has 1 heterocycles. The van der Waals surface area contributed by atoms with Crippen LogP contribution < -0.4 is 0 Å². The largest absolute Gasteiger partial charge is 0.300 e. The lowest BCUT2D eigenvalue weighted by atomic mass is 10.1. The summed E-state index contributed by atoms with van der Waals surface area (Å²) >= 11 is 2.70. The maximum atomic E-state index is 14.4. The SMILES string of the molecule is CCCSc1ncccc1-c1cc(F)c(SCCCC(C)=O)c(F)c1. The van der Waals surface area contributed by atoms with E-state index >= 15 is 0 Å². The first-order valence-electron chi connectivity index (χ1n) is 8.22. The summed E-state index contributed by atoms with van der Waals surface area (Å²) in [6, 6.07) is 6.33. The number of Topliss-reactive ketones (excluding diaryl/α,β-unsaturated/α-hetero) is 1. The van der Waals surface area contributed by atoms with E-state index in [0.29, 0.717) is 24.2 Å². The van der Waals surface area contributed by atoms with E-state index in [4.69, 9.17) is 0 Å². The molecule has 0 aliphatic heterocycles. The number of ketones is 1. The van der Waals surface area contributed by atoms with E-state index in [1.165, 1.54) is 19.1 Å². The summed E-state index contributed by atoms with van der Waals surface area (Å²) in [5, 5.41) is 0.782. The molecule has 0 spiro atoms. The average molecular weight is 382 g/mol. The third kappa shape index (κ3) is 5.82. The van der Waals surface area contributed by atoms with Gasteiger partial charge >= 0.3 is 0 Å². The smallest absolute Gasteiger partial charge is 0.140 e. The minimum atomic E-state index is -0.571. The number of pyridine rings is 1. The van der Waals surface area contributed by atoms with Gasteiger partial charge in [0, 0.05) is 18.2 Å². The van der Waals surface area contributed by atoms with E-state index in [9.17, 15) is 13.6 Å². The van der Waals surface area contributed by atoms with Crippen molar-refractivity contribution in [2.45, 2.75) is 43.0 Å². The highest BCUT2D eigenvalue weighted by atomic mass is 32.2. The minimum Gasteiger partial charge on any atom is -0.300 e. The third-order valence-electron chi connectivity index (χ3n) is 3.44. The summed E-state index contributed by atoms with van der Waals surface area (Å²) in [7, 11) is 0. The van der Waals surface area contributed by atoms with Gasteiger partial charge in [0.05, 0.1) is 4.90 Å². The molecule has 0 bridgehead atoms. The molecule has 0 amide bonds. The summed E-state index contributed by atoms with van der Waals surface area (Å²) in [5.74, 6) is 0.359. The van der Waals surface area contributed by atoms with Crippen molar-refractivity contribution in [3.8, 4) is 11.1 Å². The molecule has 0 radical (unpaired) electrons. The topological polar surface area (TPSA) is 30.0 Å². The maximum Gasteiger partial charge on any atom is 0.140 e. The van der Waals surface area contributed by atoms with E-state index in [1.807, 2.05) is 6.07 Å². The summed E-state index contributed by atoms with van der Waals surface area (Å²) in [4.78, 5) is 15.3. The van der Waals surface area contributed by atoms with Crippen LogP contribution in [0.25, 0.3) is 11.1 Å². The van der Waals surface area contributed by atoms with Crippen molar-refractivity contribution < 1.29 is 13.6 Å². The maximum absolute atomic E-state index is 14.4. The van der Waals surface area contributed by atoms with Gasteiger partial charge in [0.2, 0.25) is 0 Å². The number of hydrogen-bond donors (Lipinski definition) is 0. The zero-order chi connectivity index (χ0) is 18.2. The van der Waals surface area contributed by atoms with E-state index in [0.717, 1.165) is 34.5 Å². The van der Waals surface area contributed by atoms with Gasteiger partial charge in [0.25, 0.3) is 0 Å². The summed E-state index contributed by atoms with van der Waals surface area (Å²) in [5.41, 5.74) is 1.24. The molecule has 0 N–H and O–H groups in total. The molecule has 1 aromatic carbocycles. The molecule has 0 saturated heterocycles. The van der Waals surface area contributed by atoms with Crippen molar-refractivity contribution in [1.29, 1.82) is 0 Å². The van der Waals surface area contributed by atoms with Crippen molar-refractivity contribution in [2.24, 2.45) is 0 Å². The molecule has 0 unspecified atom stereocenters. The molecule has 0 fully saturated rings. The van der Waals surface area contributed by atoms with Gasteiger partial charge in [-0.1, -0.05) is 13.0 Å². The van der Waals surface area contributed by atoms with Crippen LogP contribution >= 0.6 is 23.5 Å². The number of aromatic nitrogens is 1. The molecule has 2 rings (SSSR count). The van der Waals surface area contributed by atoms with Crippen LogP contribution in [0.5, 0.6) is 0 Å². The lowest BCUT2D eigenvalue weighted by molar-refractivity contribution is -0.117. The number of benzene rings is 1. The molecule has 0 saturated carbocycles. The van der Waals surface area contributed by atoms with Crippen molar-refractivity contribution in [1.82, 2.24) is 4.98 Å². The fourth-order valence-electron chi connectivity index (χ4n) is 2.27. The van der Waals surface area contributed by atoms with Crippen LogP contribution in [0.3, 0.4) is 0 Å². The quantitative estimate of drug-likeness (QED) is 0.394. The zero-order valence-electron chi connectivity index (χ0n) is 14.4. The molecule has 0 aliphatic carbocycles. The number of nitrogens with zero attached hydrogens (tertiary/aromatic N) is 1. The van der Waals surface area contributed by atoms with Crippen LogP contribution in [0.4, 0.5) is 8.78 Å². The third-order valence-corrected chi connectivity index (χ3v) is 5.83. The summed E-state index contributed by atoms with van der Waals surface area (Å²) in [6.45, 7) is 3.59. The predicted molar refractivity (Wildman–Crippen MR) is 101 cm³/mol. The zero-order valence-corrected chi connectivity index (χ0v) is 16.0. The second kappa shape index (κ2) is 9.92. The molecular formula is C19H21F2NOS2. The van der Waals surface area contributed by atoms with Gasteiger partial charge in [-0.05, 0) is 55.0 Å². The van der Waals surface area contributed by atoms with Gasteiger partial charge < -0.3 is 4.79 Å². The van der Waals surface area contributed by atoms with Crippen LogP contribution in [-0.2, 0) is 4.79 Å². The fourth-order valence-corrected chi connectivity index (χ4v) is 4.03. The average Bonchev–Trinajstić information content (AvgIpc) is 2.58. The monoisotopic (exact) mass is 381 g/mol. The van der Waals surface area contributed by atoms with Crippen molar-refractivity contribution in [3.05, 3.63) is 42.1 Å². The van der Waals surface area contributed by atoms with Gasteiger partial charge in [-0.25, -0.2) is 13.8 Å². The highest BCUT2D eigenvalue weighted by molar-refractivity contribution is 7.99. The van der Waals surface area contributed by atoms with Gasteiger partial charge in [-0.2, -0.15) is 0 Å². The molecule has 0 atom stereocenters. The van der Waals surface area contributed by atoms with Crippen LogP contribution in [0.1, 0.15) is 33.1 Å². The van der Waals surface area contributed by atoms with E-state index in [-0.39, 0.29) is 10.7 Å². The van der Waals surface area contributed by atoms with Gasteiger partial charge in [-0.15, -0.1) is 23.5 Å². The van der Waals surface area contributed by atoms with Gasteiger partial charge in [0.1, 0.15) is 22.4 Å². The van der Waals surface area contributed by atoms with Gasteiger partial charge in [0.15, 0.2) is 0 Å². The molecule has 2 nitrogen and oxygen atoms in total. The van der Waals surface area contributed by atoms with Crippen molar-refractivity contribution >= 4 is 29.3 Å². The Bertz CT molecular complexity index is 714. The normalized spacial score (nSPS) is 10.9. The molecule has 134 valence electrons. The van der Waals surface area contributed by atoms with Crippen LogP contribution in [0, 0.1) is 11.6 Å². The summed E-state index contributed by atoms with van der Waals surface area (Å²) in [6.07, 6.45) is 3.73. The van der Waals surface area contributed by atoms with E-state index < -0.39 is 11.6 Å². The Hall–Kier alpha value is -1.40. The van der Waals surface area contributed by atoms with E-state index in [1.54, 1.807) is 24.0 Å². The molecule has 25 heavy (non-hydrogen) atoms. The number of thioether (sulfide) groups is 2. The molecular weight excluding hydrogens is 360 g/mol. The minimum absolute atomic E-state index is 0.0129. The van der Waals surface area contributed by atoms with Crippen molar-refractivity contribution in [2.75, 3.05) is 11.5 Å². The second-order valence-corrected chi connectivity index (χ2v) is 7.82. The first-order chi connectivity index (χ1) is 12.0. The Morgan fingerprint density at radius 3 is 2.52 bits per heavy atom. The number of carbonyl (C=O) groups excluding carboxylic acids is 1. The predicted octanol–water partition coefficient (Wildman–Crippen LogP) is 5.99. The van der Waals surface area contributed by atoms with Crippen LogP contribution in [-0.4, -0.2) is 22.3 Å². The number of rotatable bonds is 9. The highest BCUT2D eigenvalue weighted by Crippen LogP contribution is 2.34. The van der Waals surface area contributed by atoms with Crippen LogP contribution in [0.15, 0.2) is 40.4 Å². The number of hydrogen-bond acceptors (Lipinski definition) is 4. The van der Waals surface area contributed by atoms with Crippen LogP contribution in [0.2, 0.25) is 0 Å². The first-order valence-corrected chi connectivity index (χ1v) is 10.2. The lowest BCUT2D eigenvalue weighted by Gasteiger charge is -2.11. The molecule has 2 aromatic rings. The number of carbonyl (C=O) groups is 1. The standard InChI is InChI=1S/C19H21F2NOS2/c1-3-9-25-19-15(7-4-8-22-19)14-11-16(20)18(17(21)12-14)24-10-5-6-13(2)23/h4,7-8,11-12H,3,5-6,9-10H2,1-2H3. The first kappa shape index (κ1) is 19.9. The van der Waals surface area contributed by atoms with E-state index in [2.05, 4.69) is 11.9 Å². The molecule has 0 aliphatic rings. The molecule has 1 aromatic heterocycles. The Morgan fingerprint density at radius 2 is 1.88 bits per heavy atom. The molecule has 6 heteroatoms. The van der Waals surface area contributed by atoms with Crippen molar-refractivity contribution in [3.63, 3.8) is 0 Å². The Labute approximate surface area is 155 Å². The summed E-state index contributed by atoms with van der Waals surface area (Å²) < 4.78 is 28.8. The highest BCUT2D eigenvalue weighted by Gasteiger charge is 2.15. The lowest BCUT2D eigenvalue weighted by Crippen LogP contribution is -1.95. The second-order valence-electron chi connectivity index (χ2n) is 5.63. The fraction of sp³-hybridized carbons (Fsp3) is 0.368. The number of halogens is 2. The Kier molecular flexibility index (Phi) is 7.90. The Morgan fingerprint density at radius 1 is 1.16 bits per heavy atom. The van der Waals surface area contributed by atoms with Gasteiger partial charge in [-0.3, -0.25) is 0 Å². The Balaban J connectivity index is 2.20.